The largest absolute Gasteiger partial charge is 0.383 e. The lowest BCUT2D eigenvalue weighted by Gasteiger charge is -2.11. The first-order chi connectivity index (χ1) is 12.7. The zero-order chi connectivity index (χ0) is 18.2. The highest BCUT2D eigenvalue weighted by Gasteiger charge is 2.07. The molecule has 0 bridgehead atoms. The van der Waals surface area contributed by atoms with E-state index in [1.165, 1.54) is 11.1 Å². The number of nitrogens with one attached hydrogen (secondary N) is 2. The molecule has 2 N–H and O–H groups in total. The van der Waals surface area contributed by atoms with E-state index < -0.39 is 0 Å². The van der Waals surface area contributed by atoms with Crippen molar-refractivity contribution < 1.29 is 4.74 Å². The Morgan fingerprint density at radius 3 is 2.42 bits per heavy atom. The smallest absolute Gasteiger partial charge is 0.225 e. The molecule has 26 heavy (non-hydrogen) atoms. The molecule has 1 heterocycles. The molecule has 5 heteroatoms. The van der Waals surface area contributed by atoms with Crippen molar-refractivity contribution in [1.82, 2.24) is 9.97 Å². The first kappa shape index (κ1) is 17.9. The summed E-state index contributed by atoms with van der Waals surface area (Å²) in [5.41, 5.74) is 4.41. The van der Waals surface area contributed by atoms with E-state index in [-0.39, 0.29) is 0 Å². The van der Waals surface area contributed by atoms with Gasteiger partial charge in [0.25, 0.3) is 0 Å². The minimum absolute atomic E-state index is 0.592. The van der Waals surface area contributed by atoms with Crippen LogP contribution in [-0.2, 0) is 11.3 Å². The molecular formula is C21H24N4O. The van der Waals surface area contributed by atoms with E-state index in [1.54, 1.807) is 7.11 Å². The van der Waals surface area contributed by atoms with Gasteiger partial charge in [-0.25, -0.2) is 4.98 Å². The van der Waals surface area contributed by atoms with E-state index in [2.05, 4.69) is 51.8 Å². The highest BCUT2D eigenvalue weighted by Crippen LogP contribution is 2.21. The molecular weight excluding hydrogens is 324 g/mol. The zero-order valence-corrected chi connectivity index (χ0v) is 15.2. The van der Waals surface area contributed by atoms with Crippen molar-refractivity contribution in [3.8, 4) is 11.3 Å². The van der Waals surface area contributed by atoms with Crippen molar-refractivity contribution in [3.05, 3.63) is 71.8 Å². The lowest BCUT2D eigenvalue weighted by Crippen LogP contribution is -2.12. The van der Waals surface area contributed by atoms with Gasteiger partial charge in [0.15, 0.2) is 0 Å². The molecule has 0 amide bonds. The summed E-state index contributed by atoms with van der Waals surface area (Å²) < 4.78 is 5.09. The lowest BCUT2D eigenvalue weighted by molar-refractivity contribution is 0.210. The van der Waals surface area contributed by atoms with E-state index in [4.69, 9.17) is 4.74 Å². The van der Waals surface area contributed by atoms with Gasteiger partial charge in [-0.3, -0.25) is 0 Å². The van der Waals surface area contributed by atoms with Gasteiger partial charge in [-0.2, -0.15) is 4.98 Å². The van der Waals surface area contributed by atoms with Gasteiger partial charge in [-0.1, -0.05) is 60.2 Å². The van der Waals surface area contributed by atoms with Gasteiger partial charge in [-0.15, -0.1) is 0 Å². The number of ether oxygens (including phenoxy) is 1. The lowest BCUT2D eigenvalue weighted by atomic mass is 10.1. The first-order valence-corrected chi connectivity index (χ1v) is 8.71. The van der Waals surface area contributed by atoms with E-state index in [1.807, 2.05) is 36.4 Å². The average molecular weight is 348 g/mol. The second-order valence-corrected chi connectivity index (χ2v) is 6.09. The third-order valence-electron chi connectivity index (χ3n) is 3.98. The van der Waals surface area contributed by atoms with Crippen molar-refractivity contribution in [2.45, 2.75) is 13.5 Å². The van der Waals surface area contributed by atoms with Crippen LogP contribution in [0.4, 0.5) is 11.8 Å². The van der Waals surface area contributed by atoms with E-state index in [0.717, 1.165) is 17.1 Å². The minimum Gasteiger partial charge on any atom is -0.383 e. The van der Waals surface area contributed by atoms with Crippen LogP contribution in [0.3, 0.4) is 0 Å². The van der Waals surface area contributed by atoms with Crippen molar-refractivity contribution in [1.29, 1.82) is 0 Å². The van der Waals surface area contributed by atoms with Gasteiger partial charge < -0.3 is 15.4 Å². The summed E-state index contributed by atoms with van der Waals surface area (Å²) in [7, 11) is 1.68. The number of aryl methyl sites for hydroxylation is 1. The van der Waals surface area contributed by atoms with Gasteiger partial charge in [-0.05, 0) is 12.5 Å². The third kappa shape index (κ3) is 5.04. The summed E-state index contributed by atoms with van der Waals surface area (Å²) >= 11 is 0. The summed E-state index contributed by atoms with van der Waals surface area (Å²) in [4.78, 5) is 9.20. The fourth-order valence-corrected chi connectivity index (χ4v) is 2.54. The van der Waals surface area contributed by atoms with Crippen LogP contribution in [0.25, 0.3) is 11.3 Å². The number of hydrogen-bond donors (Lipinski definition) is 2. The first-order valence-electron chi connectivity index (χ1n) is 8.71. The third-order valence-corrected chi connectivity index (χ3v) is 3.98. The highest BCUT2D eigenvalue weighted by molar-refractivity contribution is 5.64. The molecule has 0 aliphatic rings. The Hall–Kier alpha value is -2.92. The van der Waals surface area contributed by atoms with Crippen molar-refractivity contribution in [2.75, 3.05) is 30.9 Å². The molecule has 0 aliphatic heterocycles. The SMILES string of the molecule is COCCNc1nc(NCc2ccc(C)cc2)cc(-c2ccccc2)n1. The fraction of sp³-hybridized carbons (Fsp3) is 0.238. The number of aromatic nitrogens is 2. The van der Waals surface area contributed by atoms with Gasteiger partial charge in [0.2, 0.25) is 5.95 Å². The summed E-state index contributed by atoms with van der Waals surface area (Å²) in [6.07, 6.45) is 0. The molecule has 0 saturated heterocycles. The molecule has 0 fully saturated rings. The molecule has 0 radical (unpaired) electrons. The molecule has 0 unspecified atom stereocenters. The normalized spacial score (nSPS) is 10.5. The zero-order valence-electron chi connectivity index (χ0n) is 15.2. The molecule has 134 valence electrons. The summed E-state index contributed by atoms with van der Waals surface area (Å²) in [6, 6.07) is 20.6. The predicted molar refractivity (Wildman–Crippen MR) is 106 cm³/mol. The maximum absolute atomic E-state index is 5.09. The summed E-state index contributed by atoms with van der Waals surface area (Å²) in [5, 5.41) is 6.61. The number of methoxy groups -OCH3 is 1. The van der Waals surface area contributed by atoms with Crippen molar-refractivity contribution in [2.24, 2.45) is 0 Å². The number of anilines is 2. The summed E-state index contributed by atoms with van der Waals surface area (Å²) in [6.45, 7) is 4.06. The fourth-order valence-electron chi connectivity index (χ4n) is 2.54. The van der Waals surface area contributed by atoms with Crippen LogP contribution in [0.1, 0.15) is 11.1 Å². The Balaban J connectivity index is 1.80. The monoisotopic (exact) mass is 348 g/mol. The molecule has 3 rings (SSSR count). The number of benzene rings is 2. The van der Waals surface area contributed by atoms with E-state index in [0.29, 0.717) is 25.6 Å². The van der Waals surface area contributed by atoms with E-state index in [9.17, 15) is 0 Å². The van der Waals surface area contributed by atoms with Crippen LogP contribution in [0.15, 0.2) is 60.7 Å². The Morgan fingerprint density at radius 2 is 1.69 bits per heavy atom. The highest BCUT2D eigenvalue weighted by atomic mass is 16.5. The van der Waals surface area contributed by atoms with Gasteiger partial charge >= 0.3 is 0 Å². The maximum Gasteiger partial charge on any atom is 0.225 e. The quantitative estimate of drug-likeness (QED) is 0.600. The van der Waals surface area contributed by atoms with Gasteiger partial charge in [0, 0.05) is 31.8 Å². The molecule has 3 aromatic rings. The Morgan fingerprint density at radius 1 is 0.923 bits per heavy atom. The molecule has 2 aromatic carbocycles. The predicted octanol–water partition coefficient (Wildman–Crippen LogP) is 4.12. The Bertz CT molecular complexity index is 819. The number of hydrogen-bond acceptors (Lipinski definition) is 5. The maximum atomic E-state index is 5.09. The summed E-state index contributed by atoms with van der Waals surface area (Å²) in [5.74, 6) is 1.38. The molecule has 0 spiro atoms. The van der Waals surface area contributed by atoms with Crippen LogP contribution in [0.2, 0.25) is 0 Å². The Kier molecular flexibility index (Phi) is 6.17. The number of rotatable bonds is 8. The van der Waals surface area contributed by atoms with Crippen LogP contribution in [0, 0.1) is 6.92 Å². The molecule has 0 aliphatic carbocycles. The standard InChI is InChI=1S/C21H24N4O/c1-16-8-10-17(11-9-16)15-23-20-14-19(18-6-4-3-5-7-18)24-21(25-20)22-12-13-26-2/h3-11,14H,12-13,15H2,1-2H3,(H2,22,23,24,25). The van der Waals surface area contributed by atoms with Crippen molar-refractivity contribution >= 4 is 11.8 Å². The molecule has 0 saturated carbocycles. The minimum atomic E-state index is 0.592. The van der Waals surface area contributed by atoms with Crippen molar-refractivity contribution in [3.63, 3.8) is 0 Å². The molecule has 5 nitrogen and oxygen atoms in total. The van der Waals surface area contributed by atoms with Crippen LogP contribution in [0.5, 0.6) is 0 Å². The Labute approximate surface area is 154 Å². The molecule has 0 atom stereocenters. The second-order valence-electron chi connectivity index (χ2n) is 6.09. The topological polar surface area (TPSA) is 59.1 Å². The van der Waals surface area contributed by atoms with Crippen LogP contribution >= 0.6 is 0 Å². The van der Waals surface area contributed by atoms with Gasteiger partial charge in [0.1, 0.15) is 5.82 Å². The molecule has 1 aromatic heterocycles. The van der Waals surface area contributed by atoms with E-state index >= 15 is 0 Å². The second kappa shape index (κ2) is 8.97. The number of nitrogens with zero attached hydrogens (tertiary/aromatic N) is 2. The van der Waals surface area contributed by atoms with Gasteiger partial charge in [0.05, 0.1) is 12.3 Å². The average Bonchev–Trinajstić information content (AvgIpc) is 2.68. The van der Waals surface area contributed by atoms with Crippen LogP contribution < -0.4 is 10.6 Å². The van der Waals surface area contributed by atoms with Crippen LogP contribution in [-0.4, -0.2) is 30.2 Å².